The van der Waals surface area contributed by atoms with Crippen molar-refractivity contribution in [2.45, 2.75) is 38.7 Å². The molecule has 2 heterocycles. The number of fused-ring (bicyclic) bond motifs is 2. The first-order valence-corrected chi connectivity index (χ1v) is 15.7. The van der Waals surface area contributed by atoms with Gasteiger partial charge < -0.3 is 14.4 Å². The van der Waals surface area contributed by atoms with Crippen LogP contribution in [0, 0.1) is 23.6 Å². The number of nitrogens with one attached hydrogen (secondary N) is 2. The van der Waals surface area contributed by atoms with E-state index in [0.29, 0.717) is 28.5 Å². The molecule has 0 saturated heterocycles. The Kier molecular flexibility index (Phi) is 6.06. The SMILES string of the molecule is CC1CCC2C(Oc3cc4nc(-c5ccc(-c6ccc(N[SH](C)(C)=O)cc6)cc5)c(F)cc4[nH]3)CCC12. The number of pyridine rings is 1. The summed E-state index contributed by atoms with van der Waals surface area (Å²) in [5.74, 6) is 2.52. The Morgan fingerprint density at radius 1 is 0.919 bits per heavy atom. The molecule has 4 aromatic rings. The fourth-order valence-electron chi connectivity index (χ4n) is 6.29. The highest BCUT2D eigenvalue weighted by atomic mass is 32.3. The molecule has 4 unspecified atom stereocenters. The number of hydrogen-bond donors (Lipinski definition) is 3. The number of ether oxygens (including phenoxy) is 1. The van der Waals surface area contributed by atoms with Crippen molar-refractivity contribution < 1.29 is 13.3 Å². The lowest BCUT2D eigenvalue weighted by molar-refractivity contribution is 0.144. The fraction of sp³-hybridized carbons (Fsp3) is 0.367. The van der Waals surface area contributed by atoms with Crippen LogP contribution in [-0.2, 0) is 10.1 Å². The average Bonchev–Trinajstić information content (AvgIpc) is 3.55. The van der Waals surface area contributed by atoms with E-state index in [2.05, 4.69) is 21.6 Å². The summed E-state index contributed by atoms with van der Waals surface area (Å²) in [6, 6.07) is 19.0. The maximum absolute atomic E-state index is 15.1. The molecule has 0 spiro atoms. The van der Waals surface area contributed by atoms with E-state index < -0.39 is 10.1 Å². The van der Waals surface area contributed by atoms with Crippen LogP contribution in [0.15, 0.2) is 60.7 Å². The van der Waals surface area contributed by atoms with Crippen molar-refractivity contribution in [3.05, 3.63) is 66.5 Å². The Bertz CT molecular complexity index is 1480. The van der Waals surface area contributed by atoms with Gasteiger partial charge in [-0.15, -0.1) is 0 Å². The zero-order valence-electron chi connectivity index (χ0n) is 21.5. The van der Waals surface area contributed by atoms with Crippen molar-refractivity contribution in [1.29, 1.82) is 0 Å². The van der Waals surface area contributed by atoms with Gasteiger partial charge in [0.05, 0.1) is 11.0 Å². The zero-order valence-corrected chi connectivity index (χ0v) is 22.4. The third-order valence-electron chi connectivity index (χ3n) is 8.08. The Balaban J connectivity index is 1.20. The second kappa shape index (κ2) is 9.28. The third-order valence-corrected chi connectivity index (χ3v) is 8.88. The molecule has 2 aliphatic carbocycles. The molecule has 2 saturated carbocycles. The lowest BCUT2D eigenvalue weighted by Crippen LogP contribution is -2.22. The van der Waals surface area contributed by atoms with E-state index in [9.17, 15) is 4.21 Å². The molecule has 2 aromatic carbocycles. The molecule has 5 nitrogen and oxygen atoms in total. The monoisotopic (exact) mass is 519 g/mol. The summed E-state index contributed by atoms with van der Waals surface area (Å²) in [4.78, 5) is 7.88. The van der Waals surface area contributed by atoms with Gasteiger partial charge in [0.25, 0.3) is 0 Å². The van der Waals surface area contributed by atoms with Gasteiger partial charge in [0.15, 0.2) is 11.7 Å². The Morgan fingerprint density at radius 3 is 2.27 bits per heavy atom. The van der Waals surface area contributed by atoms with Crippen LogP contribution in [0.4, 0.5) is 10.1 Å². The highest BCUT2D eigenvalue weighted by Crippen LogP contribution is 2.48. The van der Waals surface area contributed by atoms with Gasteiger partial charge >= 0.3 is 0 Å². The number of aromatic amines is 1. The lowest BCUT2D eigenvalue weighted by Gasteiger charge is -2.19. The van der Waals surface area contributed by atoms with E-state index in [4.69, 9.17) is 4.74 Å². The predicted octanol–water partition coefficient (Wildman–Crippen LogP) is 6.84. The van der Waals surface area contributed by atoms with Crippen LogP contribution < -0.4 is 9.46 Å². The molecular weight excluding hydrogens is 485 g/mol. The molecule has 7 heteroatoms. The van der Waals surface area contributed by atoms with Crippen molar-refractivity contribution in [2.24, 2.45) is 17.8 Å². The Labute approximate surface area is 218 Å². The first-order valence-electron chi connectivity index (χ1n) is 13.1. The largest absolute Gasteiger partial charge is 0.475 e. The van der Waals surface area contributed by atoms with Gasteiger partial charge in [0.2, 0.25) is 0 Å². The summed E-state index contributed by atoms with van der Waals surface area (Å²) < 4.78 is 36.5. The van der Waals surface area contributed by atoms with Crippen molar-refractivity contribution >= 4 is 26.8 Å². The Hall–Kier alpha value is -3.19. The van der Waals surface area contributed by atoms with E-state index in [1.165, 1.54) is 25.3 Å². The number of aromatic nitrogens is 2. The second-order valence-electron chi connectivity index (χ2n) is 11.1. The highest BCUT2D eigenvalue weighted by molar-refractivity contribution is 8.02. The van der Waals surface area contributed by atoms with Crippen LogP contribution in [0.25, 0.3) is 33.4 Å². The molecule has 2 N–H and O–H groups in total. The third kappa shape index (κ3) is 4.89. The maximum Gasteiger partial charge on any atom is 0.193 e. The van der Waals surface area contributed by atoms with Gasteiger partial charge in [-0.25, -0.2) is 9.37 Å². The summed E-state index contributed by atoms with van der Waals surface area (Å²) in [5.41, 5.74) is 5.28. The molecule has 6 rings (SSSR count). The van der Waals surface area contributed by atoms with Crippen molar-refractivity contribution in [3.63, 3.8) is 0 Å². The molecule has 0 bridgehead atoms. The minimum Gasteiger partial charge on any atom is -0.475 e. The lowest BCUT2D eigenvalue weighted by atomic mass is 9.93. The van der Waals surface area contributed by atoms with Crippen LogP contribution >= 0.6 is 0 Å². The van der Waals surface area contributed by atoms with E-state index in [0.717, 1.165) is 40.6 Å². The molecule has 37 heavy (non-hydrogen) atoms. The number of benzene rings is 2. The molecule has 0 amide bonds. The van der Waals surface area contributed by atoms with Crippen molar-refractivity contribution in [2.75, 3.05) is 17.2 Å². The van der Waals surface area contributed by atoms with Gasteiger partial charge in [-0.3, -0.25) is 4.21 Å². The smallest absolute Gasteiger partial charge is 0.193 e. The van der Waals surface area contributed by atoms with E-state index in [-0.39, 0.29) is 11.9 Å². The summed E-state index contributed by atoms with van der Waals surface area (Å²) in [6.45, 7) is 2.36. The van der Waals surface area contributed by atoms with Crippen LogP contribution in [0.3, 0.4) is 0 Å². The quantitative estimate of drug-likeness (QED) is 0.244. The zero-order chi connectivity index (χ0) is 25.7. The van der Waals surface area contributed by atoms with Gasteiger partial charge in [-0.1, -0.05) is 49.7 Å². The van der Waals surface area contributed by atoms with Gasteiger partial charge in [0.1, 0.15) is 11.8 Å². The molecule has 194 valence electrons. The summed E-state index contributed by atoms with van der Waals surface area (Å²) in [5, 5.41) is 0. The number of anilines is 1. The second-order valence-corrected chi connectivity index (χ2v) is 14.0. The summed E-state index contributed by atoms with van der Waals surface area (Å²) in [7, 11) is -2.35. The van der Waals surface area contributed by atoms with Crippen LogP contribution in [0.1, 0.15) is 32.6 Å². The van der Waals surface area contributed by atoms with Crippen molar-refractivity contribution in [1.82, 2.24) is 9.97 Å². The molecule has 2 aliphatic rings. The minimum absolute atomic E-state index is 0.234. The normalized spacial score (nSPS) is 23.8. The van der Waals surface area contributed by atoms with Crippen molar-refractivity contribution in [3.8, 4) is 28.3 Å². The number of nitrogens with zero attached hydrogens (tertiary/aromatic N) is 1. The van der Waals surface area contributed by atoms with Crippen LogP contribution in [0.2, 0.25) is 0 Å². The molecule has 0 radical (unpaired) electrons. The number of hydrogen-bond acceptors (Lipinski definition) is 3. The van der Waals surface area contributed by atoms with Crippen LogP contribution in [0.5, 0.6) is 5.88 Å². The molecule has 4 atom stereocenters. The molecule has 2 aromatic heterocycles. The highest BCUT2D eigenvalue weighted by Gasteiger charge is 2.44. The molecule has 2 fully saturated rings. The topological polar surface area (TPSA) is 67.0 Å². The van der Waals surface area contributed by atoms with E-state index >= 15 is 4.39 Å². The maximum atomic E-state index is 15.1. The van der Waals surface area contributed by atoms with Gasteiger partial charge in [-0.05, 0) is 70.4 Å². The minimum atomic E-state index is -2.35. The van der Waals surface area contributed by atoms with Crippen LogP contribution in [-0.4, -0.2) is 32.8 Å². The Morgan fingerprint density at radius 2 is 1.57 bits per heavy atom. The number of thiol groups is 1. The molecular formula is C30H34FN3O2S. The fourth-order valence-corrected chi connectivity index (χ4v) is 7.06. The number of H-pyrrole nitrogens is 1. The first-order chi connectivity index (χ1) is 17.7. The predicted molar refractivity (Wildman–Crippen MR) is 151 cm³/mol. The molecule has 0 aliphatic heterocycles. The van der Waals surface area contributed by atoms with E-state index in [1.54, 1.807) is 12.5 Å². The van der Waals surface area contributed by atoms with E-state index in [1.807, 2.05) is 54.6 Å². The summed E-state index contributed by atoms with van der Waals surface area (Å²) in [6.07, 6.45) is 8.50. The van der Waals surface area contributed by atoms with Gasteiger partial charge in [0, 0.05) is 35.9 Å². The number of rotatable bonds is 6. The first kappa shape index (κ1) is 24.2. The number of halogens is 1. The average molecular weight is 520 g/mol. The standard InChI is InChI=1S/C30H34FN3O2S/c1-18-4-13-24-23(18)14-15-28(24)36-29-17-27-26(32-29)16-25(31)30(33-27)21-7-5-19(6-8-21)20-9-11-22(12-10-20)34-37(2,3)35/h5-12,16-18,23-24,28,32,37H,4,13-15H2,1-3H3,(H,34,35). The summed E-state index contributed by atoms with van der Waals surface area (Å²) >= 11 is 0. The van der Waals surface area contributed by atoms with Gasteiger partial charge in [-0.2, -0.15) is 0 Å².